The number of ether oxygens (including phenoxy) is 1. The van der Waals surface area contributed by atoms with E-state index in [1.165, 1.54) is 0 Å². The summed E-state index contributed by atoms with van der Waals surface area (Å²) >= 11 is 0. The van der Waals surface area contributed by atoms with Crippen molar-refractivity contribution in [3.8, 4) is 11.5 Å². The van der Waals surface area contributed by atoms with Gasteiger partial charge in [-0.15, -0.1) is 0 Å². The van der Waals surface area contributed by atoms with E-state index in [2.05, 4.69) is 5.32 Å². The lowest BCUT2D eigenvalue weighted by Gasteiger charge is -2.26. The molecule has 1 aliphatic rings. The van der Waals surface area contributed by atoms with Crippen LogP contribution >= 0.6 is 0 Å². The number of aliphatic hydroxyl groups excluding tert-OH is 1. The smallest absolute Gasteiger partial charge is 0.161 e. The Morgan fingerprint density at radius 2 is 2.21 bits per heavy atom. The van der Waals surface area contributed by atoms with Crippen LogP contribution in [0.3, 0.4) is 0 Å². The third kappa shape index (κ3) is 4.11. The van der Waals surface area contributed by atoms with Crippen LogP contribution in [0.1, 0.15) is 38.2 Å². The van der Waals surface area contributed by atoms with E-state index in [0.717, 1.165) is 37.8 Å². The van der Waals surface area contributed by atoms with E-state index in [0.29, 0.717) is 18.4 Å². The maximum absolute atomic E-state index is 9.64. The molecule has 0 saturated heterocycles. The van der Waals surface area contributed by atoms with Gasteiger partial charge in [-0.05, 0) is 50.3 Å². The van der Waals surface area contributed by atoms with Gasteiger partial charge < -0.3 is 20.3 Å². The van der Waals surface area contributed by atoms with Crippen LogP contribution in [0.2, 0.25) is 0 Å². The summed E-state index contributed by atoms with van der Waals surface area (Å²) in [5.74, 6) is 0.712. The highest BCUT2D eigenvalue weighted by atomic mass is 16.5. The van der Waals surface area contributed by atoms with Crippen LogP contribution in [0.15, 0.2) is 18.2 Å². The Hall–Kier alpha value is -1.26. The summed E-state index contributed by atoms with van der Waals surface area (Å²) < 4.78 is 5.37. The van der Waals surface area contributed by atoms with Gasteiger partial charge in [0.25, 0.3) is 0 Å². The number of aromatic hydroxyl groups is 1. The Kier molecular flexibility index (Phi) is 5.05. The molecule has 4 nitrogen and oxygen atoms in total. The average molecular weight is 265 g/mol. The van der Waals surface area contributed by atoms with Gasteiger partial charge >= 0.3 is 0 Å². The molecular formula is C15H23NO3. The largest absolute Gasteiger partial charge is 0.504 e. The minimum absolute atomic E-state index is 0.162. The number of aliphatic hydroxyl groups is 1. The molecule has 2 rings (SSSR count). The molecule has 1 saturated carbocycles. The summed E-state index contributed by atoms with van der Waals surface area (Å²) in [5.41, 5.74) is 1.08. The zero-order chi connectivity index (χ0) is 13.7. The van der Waals surface area contributed by atoms with Crippen molar-refractivity contribution < 1.29 is 14.9 Å². The van der Waals surface area contributed by atoms with E-state index in [-0.39, 0.29) is 11.9 Å². The van der Waals surface area contributed by atoms with E-state index in [1.807, 2.05) is 19.1 Å². The molecule has 1 aromatic rings. The van der Waals surface area contributed by atoms with Gasteiger partial charge in [-0.1, -0.05) is 6.07 Å². The Bertz CT molecular complexity index is 408. The second-order valence-electron chi connectivity index (χ2n) is 5.13. The van der Waals surface area contributed by atoms with Crippen molar-refractivity contribution in [1.82, 2.24) is 5.32 Å². The van der Waals surface area contributed by atoms with Crippen molar-refractivity contribution in [3.05, 3.63) is 23.8 Å². The lowest BCUT2D eigenvalue weighted by atomic mass is 9.93. The predicted molar refractivity (Wildman–Crippen MR) is 74.4 cm³/mol. The highest BCUT2D eigenvalue weighted by Gasteiger charge is 2.19. The SMILES string of the molecule is CCOc1cc(CN[C@H]2CCC[C@@H](O)C2)ccc1O. The molecular weight excluding hydrogens is 242 g/mol. The van der Waals surface area contributed by atoms with Crippen molar-refractivity contribution in [2.24, 2.45) is 0 Å². The van der Waals surface area contributed by atoms with Crippen LogP contribution in [-0.2, 0) is 6.54 Å². The molecule has 0 bridgehead atoms. The maximum atomic E-state index is 9.64. The highest BCUT2D eigenvalue weighted by Crippen LogP contribution is 2.27. The molecule has 2 atom stereocenters. The fraction of sp³-hybridized carbons (Fsp3) is 0.600. The standard InChI is InChI=1S/C15H23NO3/c1-2-19-15-8-11(6-7-14(15)18)10-16-12-4-3-5-13(17)9-12/h6-8,12-13,16-18H,2-5,9-10H2,1H3/t12-,13+/m0/s1. The number of hydrogen-bond acceptors (Lipinski definition) is 4. The molecule has 1 aromatic carbocycles. The van der Waals surface area contributed by atoms with E-state index in [4.69, 9.17) is 4.74 Å². The van der Waals surface area contributed by atoms with Crippen molar-refractivity contribution >= 4 is 0 Å². The van der Waals surface area contributed by atoms with Crippen LogP contribution in [0.5, 0.6) is 11.5 Å². The monoisotopic (exact) mass is 265 g/mol. The minimum Gasteiger partial charge on any atom is -0.504 e. The molecule has 1 fully saturated rings. The number of nitrogens with one attached hydrogen (secondary N) is 1. The second kappa shape index (κ2) is 6.78. The maximum Gasteiger partial charge on any atom is 0.161 e. The number of rotatable bonds is 5. The Balaban J connectivity index is 1.90. The number of phenolic OH excluding ortho intramolecular Hbond substituents is 1. The van der Waals surface area contributed by atoms with Gasteiger partial charge in [-0.3, -0.25) is 0 Å². The van der Waals surface area contributed by atoms with Gasteiger partial charge in [0.05, 0.1) is 12.7 Å². The minimum atomic E-state index is -0.162. The topological polar surface area (TPSA) is 61.7 Å². The molecule has 0 amide bonds. The van der Waals surface area contributed by atoms with Gasteiger partial charge in [-0.25, -0.2) is 0 Å². The molecule has 0 radical (unpaired) electrons. The van der Waals surface area contributed by atoms with Gasteiger partial charge in [0, 0.05) is 12.6 Å². The highest BCUT2D eigenvalue weighted by molar-refractivity contribution is 5.41. The first-order valence-corrected chi connectivity index (χ1v) is 7.05. The quantitative estimate of drug-likeness (QED) is 0.763. The zero-order valence-electron chi connectivity index (χ0n) is 11.4. The van der Waals surface area contributed by atoms with Gasteiger partial charge in [0.1, 0.15) is 0 Å². The first-order chi connectivity index (χ1) is 9.19. The summed E-state index contributed by atoms with van der Waals surface area (Å²) in [7, 11) is 0. The molecule has 0 aliphatic heterocycles. The van der Waals surface area contributed by atoms with Crippen molar-refractivity contribution in [2.75, 3.05) is 6.61 Å². The van der Waals surface area contributed by atoms with Crippen LogP contribution in [0.25, 0.3) is 0 Å². The van der Waals surface area contributed by atoms with Crippen molar-refractivity contribution in [3.63, 3.8) is 0 Å². The van der Waals surface area contributed by atoms with Crippen LogP contribution in [0.4, 0.5) is 0 Å². The van der Waals surface area contributed by atoms with E-state index < -0.39 is 0 Å². The van der Waals surface area contributed by atoms with Gasteiger partial charge in [-0.2, -0.15) is 0 Å². The first-order valence-electron chi connectivity index (χ1n) is 7.05. The Morgan fingerprint density at radius 1 is 1.37 bits per heavy atom. The van der Waals surface area contributed by atoms with E-state index in [1.54, 1.807) is 6.07 Å². The average Bonchev–Trinajstić information content (AvgIpc) is 2.40. The third-order valence-electron chi connectivity index (χ3n) is 3.57. The summed E-state index contributed by atoms with van der Waals surface area (Å²) in [6.45, 7) is 3.17. The lowest BCUT2D eigenvalue weighted by Crippen LogP contribution is -2.35. The van der Waals surface area contributed by atoms with E-state index >= 15 is 0 Å². The second-order valence-corrected chi connectivity index (χ2v) is 5.13. The van der Waals surface area contributed by atoms with Gasteiger partial charge in [0.2, 0.25) is 0 Å². The fourth-order valence-corrected chi connectivity index (χ4v) is 2.55. The molecule has 19 heavy (non-hydrogen) atoms. The normalized spacial score (nSPS) is 23.3. The molecule has 4 heteroatoms. The molecule has 106 valence electrons. The number of benzene rings is 1. The lowest BCUT2D eigenvalue weighted by molar-refractivity contribution is 0.111. The summed E-state index contributed by atoms with van der Waals surface area (Å²) in [5, 5.41) is 22.7. The summed E-state index contributed by atoms with van der Waals surface area (Å²) in [4.78, 5) is 0. The van der Waals surface area contributed by atoms with Crippen molar-refractivity contribution in [1.29, 1.82) is 0 Å². The molecule has 0 heterocycles. The molecule has 1 aliphatic carbocycles. The Labute approximate surface area is 114 Å². The van der Waals surface area contributed by atoms with Crippen molar-refractivity contribution in [2.45, 2.75) is 51.3 Å². The van der Waals surface area contributed by atoms with Crippen LogP contribution in [-0.4, -0.2) is 29.0 Å². The fourth-order valence-electron chi connectivity index (χ4n) is 2.55. The molecule has 0 spiro atoms. The summed E-state index contributed by atoms with van der Waals surface area (Å²) in [6.07, 6.45) is 3.79. The molecule has 0 unspecified atom stereocenters. The Morgan fingerprint density at radius 3 is 2.95 bits per heavy atom. The molecule has 0 aromatic heterocycles. The number of hydrogen-bond donors (Lipinski definition) is 3. The van der Waals surface area contributed by atoms with Gasteiger partial charge in [0.15, 0.2) is 11.5 Å². The number of phenols is 1. The predicted octanol–water partition coefficient (Wildman–Crippen LogP) is 2.18. The van der Waals surface area contributed by atoms with Crippen LogP contribution < -0.4 is 10.1 Å². The third-order valence-corrected chi connectivity index (χ3v) is 3.57. The van der Waals surface area contributed by atoms with Crippen LogP contribution in [0, 0.1) is 0 Å². The first kappa shape index (κ1) is 14.2. The summed E-state index contributed by atoms with van der Waals surface area (Å²) in [6, 6.07) is 5.81. The van der Waals surface area contributed by atoms with E-state index in [9.17, 15) is 10.2 Å². The zero-order valence-corrected chi connectivity index (χ0v) is 11.4. The molecule has 3 N–H and O–H groups in total.